The molecule has 1 N–H and O–H groups in total. The van der Waals surface area contributed by atoms with Crippen molar-refractivity contribution in [2.45, 2.75) is 50.7 Å². The third-order valence-corrected chi connectivity index (χ3v) is 5.72. The summed E-state index contributed by atoms with van der Waals surface area (Å²) >= 11 is 0. The molecule has 2 aromatic carbocycles. The van der Waals surface area contributed by atoms with Gasteiger partial charge in [0.25, 0.3) is 0 Å². The molecule has 0 spiro atoms. The second kappa shape index (κ2) is 7.13. The Bertz CT molecular complexity index is 976. The van der Waals surface area contributed by atoms with Gasteiger partial charge < -0.3 is 19.0 Å². The van der Waals surface area contributed by atoms with E-state index in [0.29, 0.717) is 0 Å². The summed E-state index contributed by atoms with van der Waals surface area (Å²) in [5.41, 5.74) is 2.37. The molecule has 0 aliphatic heterocycles. The Morgan fingerprint density at radius 1 is 1.11 bits per heavy atom. The molecule has 0 amide bonds. The lowest BCUT2D eigenvalue weighted by atomic mass is 9.81. The zero-order valence-electron chi connectivity index (χ0n) is 16.0. The summed E-state index contributed by atoms with van der Waals surface area (Å²) in [7, 11) is 0. The van der Waals surface area contributed by atoms with Gasteiger partial charge in [0.2, 0.25) is 5.89 Å². The number of benzene rings is 2. The van der Waals surface area contributed by atoms with Crippen LogP contribution >= 0.6 is 0 Å². The van der Waals surface area contributed by atoms with Crippen molar-refractivity contribution in [2.75, 3.05) is 6.61 Å². The molecule has 2 fully saturated rings. The fourth-order valence-electron chi connectivity index (χ4n) is 3.58. The van der Waals surface area contributed by atoms with Crippen LogP contribution in [0.1, 0.15) is 56.1 Å². The highest BCUT2D eigenvalue weighted by molar-refractivity contribution is 5.73. The zero-order valence-corrected chi connectivity index (χ0v) is 16.0. The van der Waals surface area contributed by atoms with Crippen LogP contribution in [0.2, 0.25) is 0 Å². The molecule has 2 aliphatic rings. The maximum atomic E-state index is 9.76. The predicted octanol–water partition coefficient (Wildman–Crippen LogP) is 4.99. The van der Waals surface area contributed by atoms with Crippen LogP contribution in [0.25, 0.3) is 11.1 Å². The Balaban J connectivity index is 1.28. The molecule has 0 unspecified atom stereocenters. The third kappa shape index (κ3) is 3.59. The molecule has 3 aromatic rings. The average molecular weight is 379 g/mol. The number of aliphatic hydroxyl groups excluding tert-OH is 1. The second-order valence-electron chi connectivity index (χ2n) is 8.02. The Morgan fingerprint density at radius 3 is 2.71 bits per heavy atom. The Kier molecular flexibility index (Phi) is 4.47. The van der Waals surface area contributed by atoms with E-state index in [1.54, 1.807) is 6.92 Å². The number of aliphatic hydroxyl groups is 1. The van der Waals surface area contributed by atoms with Crippen molar-refractivity contribution >= 4 is 11.1 Å². The van der Waals surface area contributed by atoms with E-state index in [9.17, 15) is 5.11 Å². The van der Waals surface area contributed by atoms with Gasteiger partial charge in [-0.15, -0.1) is 0 Å². The molecule has 0 saturated heterocycles. The van der Waals surface area contributed by atoms with E-state index in [4.69, 9.17) is 13.9 Å². The minimum Gasteiger partial charge on any atom is -0.493 e. The third-order valence-electron chi connectivity index (χ3n) is 5.72. The van der Waals surface area contributed by atoms with E-state index in [1.807, 2.05) is 42.5 Å². The van der Waals surface area contributed by atoms with Gasteiger partial charge in [0.1, 0.15) is 23.1 Å². The Labute approximate surface area is 164 Å². The van der Waals surface area contributed by atoms with E-state index >= 15 is 0 Å². The predicted molar refractivity (Wildman–Crippen MR) is 106 cm³/mol. The lowest BCUT2D eigenvalue weighted by molar-refractivity contribution is 0.0769. The fourth-order valence-corrected chi connectivity index (χ4v) is 3.58. The molecule has 5 rings (SSSR count). The highest BCUT2D eigenvalue weighted by Gasteiger charge is 2.38. The van der Waals surface area contributed by atoms with Gasteiger partial charge in [-0.3, -0.25) is 0 Å². The highest BCUT2D eigenvalue weighted by Crippen LogP contribution is 2.41. The van der Waals surface area contributed by atoms with Crippen LogP contribution in [0.15, 0.2) is 46.9 Å². The SMILES string of the molecule is C[C@H](O)c1ccc2nc([C@H]3CC[C@H]3Oc3cccc(OCC4CC4)c3)oc2c1. The smallest absolute Gasteiger partial charge is 0.202 e. The molecule has 1 heterocycles. The molecule has 5 nitrogen and oxygen atoms in total. The van der Waals surface area contributed by atoms with E-state index in [0.717, 1.165) is 59.4 Å². The second-order valence-corrected chi connectivity index (χ2v) is 8.02. The van der Waals surface area contributed by atoms with Crippen LogP contribution in [0.5, 0.6) is 11.5 Å². The lowest BCUT2D eigenvalue weighted by Crippen LogP contribution is -2.34. The van der Waals surface area contributed by atoms with Gasteiger partial charge in [0.05, 0.1) is 18.6 Å². The minimum atomic E-state index is -0.521. The van der Waals surface area contributed by atoms with Crippen molar-refractivity contribution in [3.8, 4) is 11.5 Å². The van der Waals surface area contributed by atoms with E-state index in [-0.39, 0.29) is 12.0 Å². The molecular formula is C23H25NO4. The summed E-state index contributed by atoms with van der Waals surface area (Å²) in [4.78, 5) is 4.65. The van der Waals surface area contributed by atoms with Crippen molar-refractivity contribution < 1.29 is 19.0 Å². The van der Waals surface area contributed by atoms with Gasteiger partial charge in [-0.2, -0.15) is 0 Å². The summed E-state index contributed by atoms with van der Waals surface area (Å²) in [6.07, 6.45) is 4.08. The van der Waals surface area contributed by atoms with Gasteiger partial charge in [-0.1, -0.05) is 12.1 Å². The van der Waals surface area contributed by atoms with Crippen molar-refractivity contribution in [1.82, 2.24) is 4.98 Å². The van der Waals surface area contributed by atoms with Crippen LogP contribution in [0, 0.1) is 5.92 Å². The maximum absolute atomic E-state index is 9.76. The molecule has 2 saturated carbocycles. The number of oxazole rings is 1. The topological polar surface area (TPSA) is 64.7 Å². The number of fused-ring (bicyclic) bond motifs is 1. The first kappa shape index (κ1) is 17.6. The first-order valence-corrected chi connectivity index (χ1v) is 10.1. The molecule has 3 atom stereocenters. The monoisotopic (exact) mass is 379 g/mol. The van der Waals surface area contributed by atoms with Gasteiger partial charge in [0, 0.05) is 6.07 Å². The number of nitrogens with zero attached hydrogens (tertiary/aromatic N) is 1. The molecule has 0 bridgehead atoms. The standard InChI is InChI=1S/C23H25NO4/c1-14(25)16-7-9-20-22(11-16)28-23(24-20)19-8-10-21(19)27-18-4-2-3-17(12-18)26-13-15-5-6-15/h2-4,7,9,11-12,14-15,19,21,25H,5-6,8,10,13H2,1H3/t14-,19-,21+/m0/s1. The largest absolute Gasteiger partial charge is 0.493 e. The summed E-state index contributed by atoms with van der Waals surface area (Å²) < 4.78 is 18.1. The van der Waals surface area contributed by atoms with Gasteiger partial charge >= 0.3 is 0 Å². The minimum absolute atomic E-state index is 0.0583. The molecule has 28 heavy (non-hydrogen) atoms. The fraction of sp³-hybridized carbons (Fsp3) is 0.435. The van der Waals surface area contributed by atoms with Crippen LogP contribution < -0.4 is 9.47 Å². The molecule has 1 aromatic heterocycles. The Morgan fingerprint density at radius 2 is 1.96 bits per heavy atom. The van der Waals surface area contributed by atoms with Crippen molar-refractivity contribution in [3.63, 3.8) is 0 Å². The molecule has 5 heteroatoms. The van der Waals surface area contributed by atoms with E-state index in [1.165, 1.54) is 12.8 Å². The van der Waals surface area contributed by atoms with Crippen LogP contribution in [-0.4, -0.2) is 22.8 Å². The maximum Gasteiger partial charge on any atom is 0.202 e. The van der Waals surface area contributed by atoms with Crippen molar-refractivity contribution in [3.05, 3.63) is 53.9 Å². The average Bonchev–Trinajstić information content (AvgIpc) is 3.41. The quantitative estimate of drug-likeness (QED) is 0.626. The number of aromatic nitrogens is 1. The van der Waals surface area contributed by atoms with Crippen LogP contribution in [0.4, 0.5) is 0 Å². The Hall–Kier alpha value is -2.53. The molecular weight excluding hydrogens is 354 g/mol. The lowest BCUT2D eigenvalue weighted by Gasteiger charge is -2.34. The summed E-state index contributed by atoms with van der Waals surface area (Å²) in [5, 5.41) is 9.76. The van der Waals surface area contributed by atoms with E-state index in [2.05, 4.69) is 4.98 Å². The molecule has 0 radical (unpaired) electrons. The number of hydrogen-bond donors (Lipinski definition) is 1. The number of ether oxygens (including phenoxy) is 2. The van der Waals surface area contributed by atoms with Crippen molar-refractivity contribution in [2.24, 2.45) is 5.92 Å². The van der Waals surface area contributed by atoms with Crippen molar-refractivity contribution in [1.29, 1.82) is 0 Å². The number of hydrogen-bond acceptors (Lipinski definition) is 5. The van der Waals surface area contributed by atoms with Gasteiger partial charge in [-0.25, -0.2) is 4.98 Å². The first-order valence-electron chi connectivity index (χ1n) is 10.1. The normalized spacial score (nSPS) is 22.6. The molecule has 146 valence electrons. The first-order chi connectivity index (χ1) is 13.7. The summed E-state index contributed by atoms with van der Waals surface area (Å²) in [5.74, 6) is 3.30. The van der Waals surface area contributed by atoms with Crippen LogP contribution in [-0.2, 0) is 0 Å². The van der Waals surface area contributed by atoms with E-state index < -0.39 is 6.10 Å². The summed E-state index contributed by atoms with van der Waals surface area (Å²) in [6, 6.07) is 13.6. The van der Waals surface area contributed by atoms with Gasteiger partial charge in [0.15, 0.2) is 5.58 Å². The van der Waals surface area contributed by atoms with Crippen LogP contribution in [0.3, 0.4) is 0 Å². The van der Waals surface area contributed by atoms with Gasteiger partial charge in [-0.05, 0) is 68.4 Å². The molecule has 2 aliphatic carbocycles. The zero-order chi connectivity index (χ0) is 19.1. The highest BCUT2D eigenvalue weighted by atomic mass is 16.5. The number of rotatable bonds is 7. The summed E-state index contributed by atoms with van der Waals surface area (Å²) in [6.45, 7) is 2.55.